The largest absolute Gasteiger partial charge is 0.425 e. The third kappa shape index (κ3) is 3.24. The number of carbonyl (C=O) groups excluding carboxylic acids is 1. The molecule has 2 aromatic rings. The number of ether oxygens (including phenoxy) is 1. The molecule has 0 spiro atoms. The van der Waals surface area contributed by atoms with Crippen LogP contribution in [0.15, 0.2) is 34.9 Å². The maximum Gasteiger partial charge on any atom is 0.311 e. The van der Waals surface area contributed by atoms with Gasteiger partial charge in [0.2, 0.25) is 0 Å². The van der Waals surface area contributed by atoms with Crippen molar-refractivity contribution in [3.8, 4) is 11.7 Å². The van der Waals surface area contributed by atoms with Gasteiger partial charge in [-0.2, -0.15) is 0 Å². The number of oxazole rings is 1. The average Bonchev–Trinajstić information content (AvgIpc) is 3.09. The molecule has 2 unspecified atom stereocenters. The van der Waals surface area contributed by atoms with Crippen LogP contribution in [0, 0.1) is 11.7 Å². The number of amides is 1. The fourth-order valence-corrected chi connectivity index (χ4v) is 3.79. The van der Waals surface area contributed by atoms with E-state index in [1.54, 1.807) is 0 Å². The first-order valence-corrected chi connectivity index (χ1v) is 8.54. The number of fused-ring (bicyclic) bond motifs is 3. The number of carbonyl (C=O) groups is 1. The summed E-state index contributed by atoms with van der Waals surface area (Å²) < 4.78 is 23.7. The Bertz CT molecular complexity index is 751. The first-order chi connectivity index (χ1) is 12.1. The predicted molar refractivity (Wildman–Crippen MR) is 88.0 cm³/mol. The molecule has 3 fully saturated rings. The van der Waals surface area contributed by atoms with Crippen molar-refractivity contribution in [2.45, 2.75) is 31.8 Å². The molecule has 0 aliphatic carbocycles. The van der Waals surface area contributed by atoms with Gasteiger partial charge in [-0.1, -0.05) is 0 Å². The van der Waals surface area contributed by atoms with Gasteiger partial charge in [0.15, 0.2) is 0 Å². The summed E-state index contributed by atoms with van der Waals surface area (Å²) in [6.07, 6.45) is 3.57. The lowest BCUT2D eigenvalue weighted by Gasteiger charge is -2.49. The lowest BCUT2D eigenvalue weighted by molar-refractivity contribution is 0.0209. The minimum Gasteiger partial charge on any atom is -0.425 e. The summed E-state index contributed by atoms with van der Waals surface area (Å²) in [5.41, 5.74) is 0. The van der Waals surface area contributed by atoms with E-state index in [-0.39, 0.29) is 29.6 Å². The van der Waals surface area contributed by atoms with Gasteiger partial charge in [-0.25, -0.2) is 9.37 Å². The first-order valence-electron chi connectivity index (χ1n) is 8.54. The van der Waals surface area contributed by atoms with E-state index in [0.29, 0.717) is 17.7 Å². The topological polar surface area (TPSA) is 67.6 Å². The van der Waals surface area contributed by atoms with Gasteiger partial charge in [-0.15, -0.1) is 0 Å². The molecule has 132 valence electrons. The Hall–Kier alpha value is -2.41. The maximum absolute atomic E-state index is 12.9. The highest BCUT2D eigenvalue weighted by Gasteiger charge is 2.40. The third-order valence-electron chi connectivity index (χ3n) is 5.19. The second kappa shape index (κ2) is 6.48. The van der Waals surface area contributed by atoms with Crippen molar-refractivity contribution in [2.24, 2.45) is 5.92 Å². The molecule has 0 radical (unpaired) electrons. The third-order valence-corrected chi connectivity index (χ3v) is 5.19. The van der Waals surface area contributed by atoms with E-state index in [9.17, 15) is 9.18 Å². The fraction of sp³-hybridized carbons (Fsp3) is 0.444. The molecular formula is C18H20FN3O3. The summed E-state index contributed by atoms with van der Waals surface area (Å²) in [6, 6.07) is 5.96. The van der Waals surface area contributed by atoms with Crippen LogP contribution in [0.2, 0.25) is 0 Å². The van der Waals surface area contributed by atoms with Gasteiger partial charge < -0.3 is 14.5 Å². The quantitative estimate of drug-likeness (QED) is 0.923. The van der Waals surface area contributed by atoms with Crippen LogP contribution in [0.5, 0.6) is 11.7 Å². The Balaban J connectivity index is 1.41. The normalized spacial score (nSPS) is 27.9. The Labute approximate surface area is 145 Å². The highest BCUT2D eigenvalue weighted by Crippen LogP contribution is 2.32. The molecule has 1 aromatic heterocycles. The van der Waals surface area contributed by atoms with Crippen molar-refractivity contribution in [1.29, 1.82) is 0 Å². The molecule has 2 atom stereocenters. The van der Waals surface area contributed by atoms with Crippen molar-refractivity contribution < 1.29 is 18.3 Å². The van der Waals surface area contributed by atoms with Gasteiger partial charge >= 0.3 is 11.9 Å². The van der Waals surface area contributed by atoms with Crippen LogP contribution in [0.25, 0.3) is 0 Å². The van der Waals surface area contributed by atoms with Gasteiger partial charge in [0.1, 0.15) is 17.8 Å². The number of nitrogens with zero attached hydrogens (tertiary/aromatic N) is 2. The lowest BCUT2D eigenvalue weighted by atomic mass is 9.79. The number of nitrogens with one attached hydrogen (secondary N) is 1. The van der Waals surface area contributed by atoms with E-state index >= 15 is 0 Å². The summed E-state index contributed by atoms with van der Waals surface area (Å²) in [7, 11) is 0. The predicted octanol–water partition coefficient (Wildman–Crippen LogP) is 2.82. The van der Waals surface area contributed by atoms with Crippen molar-refractivity contribution in [2.75, 3.05) is 13.1 Å². The SMILES string of the molecule is CC1C(NC(=O)c2ncc(Oc3ccc(F)cc3)o2)C2CCN1CC2. The van der Waals surface area contributed by atoms with Crippen LogP contribution >= 0.6 is 0 Å². The van der Waals surface area contributed by atoms with E-state index < -0.39 is 0 Å². The number of piperidine rings is 3. The van der Waals surface area contributed by atoms with Crippen LogP contribution in [0.4, 0.5) is 4.39 Å². The smallest absolute Gasteiger partial charge is 0.311 e. The van der Waals surface area contributed by atoms with Crippen molar-refractivity contribution >= 4 is 5.91 Å². The van der Waals surface area contributed by atoms with Crippen LogP contribution < -0.4 is 10.1 Å². The van der Waals surface area contributed by atoms with E-state index in [0.717, 1.165) is 25.9 Å². The minimum absolute atomic E-state index is 0.0271. The Morgan fingerprint density at radius 2 is 2.04 bits per heavy atom. The Morgan fingerprint density at radius 1 is 1.32 bits per heavy atom. The molecule has 1 N–H and O–H groups in total. The summed E-state index contributed by atoms with van der Waals surface area (Å²) in [4.78, 5) is 18.9. The van der Waals surface area contributed by atoms with Crippen molar-refractivity contribution in [3.05, 3.63) is 42.2 Å². The molecule has 6 nitrogen and oxygen atoms in total. The number of aromatic nitrogens is 1. The number of benzene rings is 1. The molecule has 3 saturated heterocycles. The Kier molecular flexibility index (Phi) is 4.17. The second-order valence-electron chi connectivity index (χ2n) is 6.65. The van der Waals surface area contributed by atoms with Crippen LogP contribution in [-0.2, 0) is 0 Å². The number of hydrogen-bond acceptors (Lipinski definition) is 5. The molecule has 3 aliphatic rings. The van der Waals surface area contributed by atoms with Gasteiger partial charge in [0.05, 0.1) is 0 Å². The summed E-state index contributed by atoms with van der Waals surface area (Å²) >= 11 is 0. The molecule has 3 aliphatic heterocycles. The van der Waals surface area contributed by atoms with Crippen molar-refractivity contribution in [3.63, 3.8) is 0 Å². The fourth-order valence-electron chi connectivity index (χ4n) is 3.79. The maximum atomic E-state index is 12.9. The van der Waals surface area contributed by atoms with Gasteiger partial charge in [0.25, 0.3) is 5.89 Å². The molecule has 1 amide bonds. The Morgan fingerprint density at radius 3 is 2.72 bits per heavy atom. The zero-order valence-corrected chi connectivity index (χ0v) is 13.9. The average molecular weight is 345 g/mol. The number of halogens is 1. The van der Waals surface area contributed by atoms with Crippen LogP contribution in [0.3, 0.4) is 0 Å². The zero-order chi connectivity index (χ0) is 17.4. The second-order valence-corrected chi connectivity index (χ2v) is 6.65. The van der Waals surface area contributed by atoms with Gasteiger partial charge in [-0.3, -0.25) is 9.69 Å². The summed E-state index contributed by atoms with van der Waals surface area (Å²) in [6.45, 7) is 4.36. The molecular weight excluding hydrogens is 325 g/mol. The number of rotatable bonds is 4. The van der Waals surface area contributed by atoms with Crippen molar-refractivity contribution in [1.82, 2.24) is 15.2 Å². The van der Waals surface area contributed by atoms with Gasteiger partial charge in [-0.05, 0) is 63.0 Å². The number of hydrogen-bond donors (Lipinski definition) is 1. The van der Waals surface area contributed by atoms with E-state index in [1.165, 1.54) is 30.5 Å². The van der Waals surface area contributed by atoms with Crippen LogP contribution in [-0.4, -0.2) is 41.0 Å². The molecule has 4 heterocycles. The van der Waals surface area contributed by atoms with E-state index in [4.69, 9.17) is 9.15 Å². The van der Waals surface area contributed by atoms with E-state index in [1.807, 2.05) is 0 Å². The minimum atomic E-state index is -0.350. The molecule has 5 rings (SSSR count). The molecule has 25 heavy (non-hydrogen) atoms. The highest BCUT2D eigenvalue weighted by atomic mass is 19.1. The molecule has 2 bridgehead atoms. The first kappa shape index (κ1) is 16.1. The molecule has 7 heteroatoms. The summed E-state index contributed by atoms with van der Waals surface area (Å²) in [5.74, 6) is 0.306. The molecule has 0 saturated carbocycles. The van der Waals surface area contributed by atoms with Gasteiger partial charge in [0, 0.05) is 12.1 Å². The molecule has 1 aromatic carbocycles. The van der Waals surface area contributed by atoms with Crippen LogP contribution in [0.1, 0.15) is 30.5 Å². The summed E-state index contributed by atoms with van der Waals surface area (Å²) in [5, 5.41) is 3.06. The monoisotopic (exact) mass is 345 g/mol. The highest BCUT2D eigenvalue weighted by molar-refractivity contribution is 5.90. The van der Waals surface area contributed by atoms with E-state index in [2.05, 4.69) is 22.1 Å². The zero-order valence-electron chi connectivity index (χ0n) is 13.9. The lowest BCUT2D eigenvalue weighted by Crippen LogP contribution is -2.62. The standard InChI is InChI=1S/C18H20FN3O3/c1-11-16(12-6-8-22(11)9-7-12)21-17(23)18-20-10-15(25-18)24-14-4-2-13(19)3-5-14/h2-5,10-12,16H,6-9H2,1H3,(H,21,23).